The van der Waals surface area contributed by atoms with Crippen LogP contribution in [0.2, 0.25) is 0 Å². The van der Waals surface area contributed by atoms with Gasteiger partial charge in [-0.15, -0.1) is 0 Å². The summed E-state index contributed by atoms with van der Waals surface area (Å²) in [6, 6.07) is 6.44. The molecule has 0 radical (unpaired) electrons. The van der Waals surface area contributed by atoms with Gasteiger partial charge in [-0.1, -0.05) is 23.7 Å². The van der Waals surface area contributed by atoms with Crippen molar-refractivity contribution in [3.8, 4) is 11.5 Å². The largest absolute Gasteiger partial charge is 0.334 e. The molecule has 104 valence electrons. The number of aromatic nitrogens is 2. The number of nitrogens with zero attached hydrogens (tertiary/aromatic N) is 3. The van der Waals surface area contributed by atoms with E-state index in [0.717, 1.165) is 25.8 Å². The lowest BCUT2D eigenvalue weighted by molar-refractivity contribution is -0.384. The van der Waals surface area contributed by atoms with Crippen molar-refractivity contribution in [1.29, 1.82) is 0 Å². The molecule has 1 atom stereocenters. The molecule has 20 heavy (non-hydrogen) atoms. The van der Waals surface area contributed by atoms with E-state index in [-0.39, 0.29) is 17.6 Å². The van der Waals surface area contributed by atoms with Crippen molar-refractivity contribution in [3.05, 3.63) is 40.2 Å². The second kappa shape index (κ2) is 5.38. The van der Waals surface area contributed by atoms with Crippen LogP contribution in [0.15, 0.2) is 28.8 Å². The van der Waals surface area contributed by atoms with Crippen molar-refractivity contribution >= 4 is 5.69 Å². The molecule has 1 aliphatic heterocycles. The molecule has 0 amide bonds. The molecule has 0 saturated carbocycles. The van der Waals surface area contributed by atoms with Gasteiger partial charge in [0.1, 0.15) is 5.56 Å². The van der Waals surface area contributed by atoms with Crippen LogP contribution >= 0.6 is 0 Å². The number of nitro benzene ring substituents is 1. The summed E-state index contributed by atoms with van der Waals surface area (Å²) in [5, 5.41) is 18.3. The van der Waals surface area contributed by atoms with Crippen molar-refractivity contribution in [2.75, 3.05) is 6.54 Å². The number of nitro groups is 1. The molecule has 1 N–H and O–H groups in total. The molecule has 0 spiro atoms. The Morgan fingerprint density at radius 3 is 2.95 bits per heavy atom. The first-order valence-corrected chi connectivity index (χ1v) is 6.56. The fourth-order valence-corrected chi connectivity index (χ4v) is 2.37. The molecule has 2 aromatic rings. The van der Waals surface area contributed by atoms with Crippen LogP contribution in [0.25, 0.3) is 11.5 Å². The fourth-order valence-electron chi connectivity index (χ4n) is 2.37. The second-order valence-electron chi connectivity index (χ2n) is 4.73. The lowest BCUT2D eigenvalue weighted by atomic mass is 10.0. The van der Waals surface area contributed by atoms with Crippen molar-refractivity contribution in [2.45, 2.75) is 25.3 Å². The van der Waals surface area contributed by atoms with Gasteiger partial charge in [-0.05, 0) is 25.5 Å². The van der Waals surface area contributed by atoms with Crippen LogP contribution < -0.4 is 5.32 Å². The van der Waals surface area contributed by atoms with Crippen LogP contribution in [-0.2, 0) is 0 Å². The van der Waals surface area contributed by atoms with Crippen LogP contribution in [0.4, 0.5) is 5.69 Å². The number of hydrogen-bond acceptors (Lipinski definition) is 6. The summed E-state index contributed by atoms with van der Waals surface area (Å²) in [6.07, 6.45) is 3.22. The van der Waals surface area contributed by atoms with Gasteiger partial charge in [-0.3, -0.25) is 10.1 Å². The third-order valence-electron chi connectivity index (χ3n) is 3.39. The molecule has 0 bridgehead atoms. The molecule has 1 saturated heterocycles. The maximum Gasteiger partial charge on any atom is 0.282 e. The SMILES string of the molecule is O=[N+]([O-])c1ccccc1-c1nc(C2CCCCN2)no1. The summed E-state index contributed by atoms with van der Waals surface area (Å²) >= 11 is 0. The molecule has 2 heterocycles. The molecular formula is C13H14N4O3. The molecule has 3 rings (SSSR count). The van der Waals surface area contributed by atoms with Crippen molar-refractivity contribution in [2.24, 2.45) is 0 Å². The van der Waals surface area contributed by atoms with E-state index >= 15 is 0 Å². The van der Waals surface area contributed by atoms with Crippen LogP contribution in [0, 0.1) is 10.1 Å². The normalized spacial score (nSPS) is 18.9. The Morgan fingerprint density at radius 1 is 1.35 bits per heavy atom. The van der Waals surface area contributed by atoms with E-state index in [9.17, 15) is 10.1 Å². The molecule has 1 aliphatic rings. The summed E-state index contributed by atoms with van der Waals surface area (Å²) < 4.78 is 5.19. The zero-order valence-corrected chi connectivity index (χ0v) is 10.8. The van der Waals surface area contributed by atoms with Gasteiger partial charge in [0.2, 0.25) is 0 Å². The summed E-state index contributed by atoms with van der Waals surface area (Å²) in [7, 11) is 0. The Labute approximate surface area is 115 Å². The average molecular weight is 274 g/mol. The van der Waals surface area contributed by atoms with Crippen LogP contribution in [0.1, 0.15) is 31.1 Å². The van der Waals surface area contributed by atoms with Gasteiger partial charge in [-0.25, -0.2) is 0 Å². The lowest BCUT2D eigenvalue weighted by Crippen LogP contribution is -2.27. The minimum absolute atomic E-state index is 0.0284. The smallest absolute Gasteiger partial charge is 0.282 e. The zero-order chi connectivity index (χ0) is 13.9. The number of nitrogens with one attached hydrogen (secondary N) is 1. The topological polar surface area (TPSA) is 94.1 Å². The summed E-state index contributed by atoms with van der Waals surface area (Å²) in [5.41, 5.74) is 0.325. The van der Waals surface area contributed by atoms with E-state index in [2.05, 4.69) is 15.5 Å². The first kappa shape index (κ1) is 12.7. The van der Waals surface area contributed by atoms with E-state index in [1.54, 1.807) is 18.2 Å². The molecular weight excluding hydrogens is 260 g/mol. The highest BCUT2D eigenvalue weighted by Gasteiger charge is 2.24. The van der Waals surface area contributed by atoms with Gasteiger partial charge in [0.25, 0.3) is 11.6 Å². The Morgan fingerprint density at radius 2 is 2.20 bits per heavy atom. The predicted molar refractivity (Wildman–Crippen MR) is 71.0 cm³/mol. The monoisotopic (exact) mass is 274 g/mol. The van der Waals surface area contributed by atoms with Crippen LogP contribution in [0.5, 0.6) is 0 Å². The summed E-state index contributed by atoms with van der Waals surface area (Å²) in [4.78, 5) is 14.9. The fraction of sp³-hybridized carbons (Fsp3) is 0.385. The van der Waals surface area contributed by atoms with E-state index < -0.39 is 4.92 Å². The van der Waals surface area contributed by atoms with Gasteiger partial charge in [0.15, 0.2) is 5.82 Å². The lowest BCUT2D eigenvalue weighted by Gasteiger charge is -2.19. The van der Waals surface area contributed by atoms with E-state index in [1.807, 2.05) is 0 Å². The predicted octanol–water partition coefficient (Wildman–Crippen LogP) is 2.46. The Kier molecular flexibility index (Phi) is 3.42. The number of piperidine rings is 1. The minimum Gasteiger partial charge on any atom is -0.334 e. The minimum atomic E-state index is -0.446. The molecule has 1 fully saturated rings. The Hall–Kier alpha value is -2.28. The molecule has 0 aliphatic carbocycles. The molecule has 1 aromatic heterocycles. The maximum atomic E-state index is 11.0. The van der Waals surface area contributed by atoms with E-state index in [0.29, 0.717) is 11.4 Å². The van der Waals surface area contributed by atoms with E-state index in [4.69, 9.17) is 4.52 Å². The van der Waals surface area contributed by atoms with Crippen molar-refractivity contribution in [3.63, 3.8) is 0 Å². The number of para-hydroxylation sites is 1. The average Bonchev–Trinajstić information content (AvgIpc) is 2.98. The molecule has 7 nitrogen and oxygen atoms in total. The third kappa shape index (κ3) is 2.39. The zero-order valence-electron chi connectivity index (χ0n) is 10.8. The van der Waals surface area contributed by atoms with Crippen LogP contribution in [0.3, 0.4) is 0 Å². The number of hydrogen-bond donors (Lipinski definition) is 1. The Bertz CT molecular complexity index is 620. The van der Waals surface area contributed by atoms with Gasteiger partial charge in [0, 0.05) is 6.07 Å². The highest BCUT2D eigenvalue weighted by molar-refractivity contribution is 5.66. The van der Waals surface area contributed by atoms with Gasteiger partial charge in [0.05, 0.1) is 11.0 Å². The third-order valence-corrected chi connectivity index (χ3v) is 3.39. The first-order valence-electron chi connectivity index (χ1n) is 6.56. The maximum absolute atomic E-state index is 11.0. The van der Waals surface area contributed by atoms with E-state index in [1.165, 1.54) is 6.07 Å². The number of benzene rings is 1. The quantitative estimate of drug-likeness (QED) is 0.682. The van der Waals surface area contributed by atoms with Gasteiger partial charge in [-0.2, -0.15) is 4.98 Å². The van der Waals surface area contributed by atoms with Crippen molar-refractivity contribution in [1.82, 2.24) is 15.5 Å². The van der Waals surface area contributed by atoms with Gasteiger partial charge >= 0.3 is 0 Å². The highest BCUT2D eigenvalue weighted by atomic mass is 16.6. The van der Waals surface area contributed by atoms with Crippen molar-refractivity contribution < 1.29 is 9.45 Å². The second-order valence-corrected chi connectivity index (χ2v) is 4.73. The van der Waals surface area contributed by atoms with Crippen LogP contribution in [-0.4, -0.2) is 21.6 Å². The molecule has 7 heteroatoms. The van der Waals surface area contributed by atoms with Gasteiger partial charge < -0.3 is 9.84 Å². The first-order chi connectivity index (χ1) is 9.75. The number of rotatable bonds is 3. The summed E-state index contributed by atoms with van der Waals surface area (Å²) in [5.74, 6) is 0.762. The Balaban J connectivity index is 1.92. The summed E-state index contributed by atoms with van der Waals surface area (Å²) in [6.45, 7) is 0.931. The standard InChI is InChI=1S/C13H14N4O3/c18-17(19)11-7-2-1-5-9(11)13-15-12(16-20-13)10-6-3-4-8-14-10/h1-2,5,7,10,14H,3-4,6,8H2. The highest BCUT2D eigenvalue weighted by Crippen LogP contribution is 2.29. The molecule has 1 unspecified atom stereocenters. The molecule has 1 aromatic carbocycles.